The lowest BCUT2D eigenvalue weighted by molar-refractivity contribution is 0.0902. The molecule has 0 saturated carbocycles. The minimum Gasteiger partial charge on any atom is -0.497 e. The number of nitrogens with zero attached hydrogens (tertiary/aromatic N) is 2. The molecule has 7 nitrogen and oxygen atoms in total. The first-order valence-corrected chi connectivity index (χ1v) is 8.67. The average Bonchev–Trinajstić information content (AvgIpc) is 3.24. The number of hydrogen-bond acceptors (Lipinski definition) is 5. The van der Waals surface area contributed by atoms with Gasteiger partial charge >= 0.3 is 0 Å². The molecule has 0 fully saturated rings. The van der Waals surface area contributed by atoms with E-state index in [1.807, 2.05) is 31.2 Å². The van der Waals surface area contributed by atoms with Crippen molar-refractivity contribution in [1.29, 1.82) is 0 Å². The first-order valence-electron chi connectivity index (χ1n) is 8.67. The van der Waals surface area contributed by atoms with Crippen LogP contribution in [0.15, 0.2) is 64.0 Å². The molecular formula is C20H21N3O4. The van der Waals surface area contributed by atoms with Crippen LogP contribution in [-0.4, -0.2) is 28.8 Å². The summed E-state index contributed by atoms with van der Waals surface area (Å²) in [5.74, 6) is 0.672. The van der Waals surface area contributed by atoms with Gasteiger partial charge < -0.3 is 14.5 Å². The number of aromatic nitrogens is 2. The number of ether oxygens (including phenoxy) is 1. The van der Waals surface area contributed by atoms with E-state index in [0.717, 1.165) is 11.3 Å². The number of hydrogen-bond donors (Lipinski definition) is 1. The summed E-state index contributed by atoms with van der Waals surface area (Å²) in [6.07, 6.45) is 2.09. The number of amides is 1. The Balaban J connectivity index is 1.78. The molecule has 7 heteroatoms. The van der Waals surface area contributed by atoms with Crippen LogP contribution in [0.5, 0.6) is 5.75 Å². The first-order chi connectivity index (χ1) is 13.1. The van der Waals surface area contributed by atoms with Crippen molar-refractivity contribution >= 4 is 5.91 Å². The van der Waals surface area contributed by atoms with Crippen LogP contribution in [0.4, 0.5) is 0 Å². The summed E-state index contributed by atoms with van der Waals surface area (Å²) in [5.41, 5.74) is 1.32. The fourth-order valence-corrected chi connectivity index (χ4v) is 2.65. The van der Waals surface area contributed by atoms with Crippen molar-refractivity contribution in [3.8, 4) is 17.0 Å². The number of carbonyl (C=O) groups excluding carboxylic acids is 1. The Morgan fingerprint density at radius 1 is 1.22 bits per heavy atom. The Bertz CT molecular complexity index is 946. The average molecular weight is 367 g/mol. The second-order valence-corrected chi connectivity index (χ2v) is 6.02. The minimum atomic E-state index is -0.314. The summed E-state index contributed by atoms with van der Waals surface area (Å²) in [7, 11) is 1.61. The van der Waals surface area contributed by atoms with Crippen LogP contribution in [0.25, 0.3) is 11.3 Å². The zero-order chi connectivity index (χ0) is 19.2. The highest BCUT2D eigenvalue weighted by Gasteiger charge is 2.16. The Labute approximate surface area is 156 Å². The topological polar surface area (TPSA) is 86.4 Å². The van der Waals surface area contributed by atoms with Crippen molar-refractivity contribution < 1.29 is 13.9 Å². The van der Waals surface area contributed by atoms with Gasteiger partial charge in [-0.1, -0.05) is 6.92 Å². The number of furan rings is 1. The van der Waals surface area contributed by atoms with Gasteiger partial charge in [0.1, 0.15) is 5.75 Å². The van der Waals surface area contributed by atoms with Gasteiger partial charge in [-0.2, -0.15) is 5.10 Å². The van der Waals surface area contributed by atoms with Crippen LogP contribution in [0, 0.1) is 0 Å². The molecular weight excluding hydrogens is 346 g/mol. The van der Waals surface area contributed by atoms with E-state index in [-0.39, 0.29) is 29.8 Å². The second-order valence-electron chi connectivity index (χ2n) is 6.02. The van der Waals surface area contributed by atoms with Gasteiger partial charge in [-0.15, -0.1) is 0 Å². The lowest BCUT2D eigenvalue weighted by atomic mass is 10.1. The van der Waals surface area contributed by atoms with Crippen LogP contribution in [-0.2, 0) is 6.54 Å². The summed E-state index contributed by atoms with van der Waals surface area (Å²) in [4.78, 5) is 24.4. The normalized spacial score (nSPS) is 11.8. The van der Waals surface area contributed by atoms with E-state index in [1.54, 1.807) is 25.3 Å². The molecule has 0 aliphatic carbocycles. The van der Waals surface area contributed by atoms with Gasteiger partial charge in [-0.25, -0.2) is 4.68 Å². The molecule has 3 aromatic rings. The number of carbonyl (C=O) groups is 1. The van der Waals surface area contributed by atoms with E-state index in [4.69, 9.17) is 9.15 Å². The van der Waals surface area contributed by atoms with E-state index < -0.39 is 0 Å². The van der Waals surface area contributed by atoms with Crippen molar-refractivity contribution in [2.24, 2.45) is 0 Å². The first kappa shape index (κ1) is 18.4. The molecule has 0 radical (unpaired) electrons. The molecule has 1 atom stereocenters. The zero-order valence-corrected chi connectivity index (χ0v) is 15.2. The Morgan fingerprint density at radius 3 is 2.63 bits per heavy atom. The second kappa shape index (κ2) is 8.35. The van der Waals surface area contributed by atoms with Gasteiger partial charge in [-0.05, 0) is 48.9 Å². The van der Waals surface area contributed by atoms with Crippen molar-refractivity contribution in [1.82, 2.24) is 15.1 Å². The van der Waals surface area contributed by atoms with Crippen molar-refractivity contribution in [2.75, 3.05) is 7.11 Å². The summed E-state index contributed by atoms with van der Waals surface area (Å²) in [5, 5.41) is 7.31. The maximum atomic E-state index is 12.2. The molecule has 3 rings (SSSR count). The van der Waals surface area contributed by atoms with E-state index in [0.29, 0.717) is 12.1 Å². The third-order valence-corrected chi connectivity index (χ3v) is 4.22. The van der Waals surface area contributed by atoms with Crippen molar-refractivity contribution in [2.45, 2.75) is 25.9 Å². The number of benzene rings is 1. The molecule has 0 bridgehead atoms. The summed E-state index contributed by atoms with van der Waals surface area (Å²) in [6.45, 7) is 2.21. The SMILES string of the molecule is CC[C@H](Cn1nc(-c2ccc(OC)cc2)ccc1=O)NC(=O)c1ccco1. The van der Waals surface area contributed by atoms with Crippen LogP contribution in [0.2, 0.25) is 0 Å². The summed E-state index contributed by atoms with van der Waals surface area (Å²) < 4.78 is 11.6. The largest absolute Gasteiger partial charge is 0.497 e. The molecule has 1 amide bonds. The molecule has 27 heavy (non-hydrogen) atoms. The Morgan fingerprint density at radius 2 is 2.00 bits per heavy atom. The number of rotatable bonds is 7. The zero-order valence-electron chi connectivity index (χ0n) is 15.2. The maximum absolute atomic E-state index is 12.2. The summed E-state index contributed by atoms with van der Waals surface area (Å²) in [6, 6.07) is 13.6. The summed E-state index contributed by atoms with van der Waals surface area (Å²) >= 11 is 0. The molecule has 0 saturated heterocycles. The molecule has 0 aliphatic heterocycles. The monoisotopic (exact) mass is 367 g/mol. The number of nitrogens with one attached hydrogen (secondary N) is 1. The highest BCUT2D eigenvalue weighted by molar-refractivity contribution is 5.91. The fourth-order valence-electron chi connectivity index (χ4n) is 2.65. The fraction of sp³-hybridized carbons (Fsp3) is 0.250. The standard InChI is InChI=1S/C20H21N3O4/c1-3-15(21-20(25)18-5-4-12-27-18)13-23-19(24)11-10-17(22-23)14-6-8-16(26-2)9-7-14/h4-12,15H,3,13H2,1-2H3,(H,21,25)/t15-/m1/s1. The van der Waals surface area contributed by atoms with Crippen LogP contribution < -0.4 is 15.6 Å². The minimum absolute atomic E-state index is 0.224. The van der Waals surface area contributed by atoms with Crippen molar-refractivity contribution in [3.63, 3.8) is 0 Å². The molecule has 1 aromatic carbocycles. The van der Waals surface area contributed by atoms with Crippen molar-refractivity contribution in [3.05, 3.63) is 70.9 Å². The van der Waals surface area contributed by atoms with Gasteiger partial charge in [-0.3, -0.25) is 9.59 Å². The van der Waals surface area contributed by atoms with Gasteiger partial charge in [0, 0.05) is 17.7 Å². The van der Waals surface area contributed by atoms with Gasteiger partial charge in [0.05, 0.1) is 25.6 Å². The predicted molar refractivity (Wildman–Crippen MR) is 101 cm³/mol. The molecule has 140 valence electrons. The molecule has 0 spiro atoms. The van der Waals surface area contributed by atoms with Gasteiger partial charge in [0.15, 0.2) is 5.76 Å². The highest BCUT2D eigenvalue weighted by atomic mass is 16.5. The van der Waals surface area contributed by atoms with Crippen LogP contribution in [0.3, 0.4) is 0 Å². The lowest BCUT2D eigenvalue weighted by Gasteiger charge is -2.17. The van der Waals surface area contributed by atoms with E-state index in [9.17, 15) is 9.59 Å². The third-order valence-electron chi connectivity index (χ3n) is 4.22. The van der Waals surface area contributed by atoms with Gasteiger partial charge in [0.25, 0.3) is 11.5 Å². The smallest absolute Gasteiger partial charge is 0.287 e. The van der Waals surface area contributed by atoms with Gasteiger partial charge in [0.2, 0.25) is 0 Å². The molecule has 0 unspecified atom stereocenters. The van der Waals surface area contributed by atoms with Crippen LogP contribution >= 0.6 is 0 Å². The Kier molecular flexibility index (Phi) is 5.71. The predicted octanol–water partition coefficient (Wildman–Crippen LogP) is 2.72. The molecule has 2 heterocycles. The van der Waals surface area contributed by atoms with E-state index >= 15 is 0 Å². The lowest BCUT2D eigenvalue weighted by Crippen LogP contribution is -2.40. The maximum Gasteiger partial charge on any atom is 0.287 e. The molecule has 2 aromatic heterocycles. The van der Waals surface area contributed by atoms with E-state index in [2.05, 4.69) is 10.4 Å². The molecule has 1 N–H and O–H groups in total. The Hall–Kier alpha value is -3.35. The number of methoxy groups -OCH3 is 1. The molecule has 0 aliphatic rings. The quantitative estimate of drug-likeness (QED) is 0.694. The van der Waals surface area contributed by atoms with Crippen LogP contribution in [0.1, 0.15) is 23.9 Å². The highest BCUT2D eigenvalue weighted by Crippen LogP contribution is 2.19. The van der Waals surface area contributed by atoms with E-state index in [1.165, 1.54) is 17.0 Å². The third kappa shape index (κ3) is 4.44.